The van der Waals surface area contributed by atoms with Crippen molar-refractivity contribution in [1.29, 1.82) is 0 Å². The van der Waals surface area contributed by atoms with E-state index in [1.54, 1.807) is 6.92 Å². The Morgan fingerprint density at radius 3 is 1.90 bits per heavy atom. The summed E-state index contributed by atoms with van der Waals surface area (Å²) in [5.74, 6) is 3.23. The van der Waals surface area contributed by atoms with Crippen molar-refractivity contribution in [2.45, 2.75) is 60.7 Å². The van der Waals surface area contributed by atoms with E-state index in [0.717, 1.165) is 0 Å². The SMILES string of the molecule is C#CCC(C(=O)OCc1cnc(C)c(O)c1COC(=O)C(CC#C)C(C)C)C(C)C. The fourth-order valence-electron chi connectivity index (χ4n) is 2.91. The van der Waals surface area contributed by atoms with Gasteiger partial charge in [0.25, 0.3) is 0 Å². The molecule has 0 aliphatic rings. The number of carbonyl (C=O) groups is 2. The number of carbonyl (C=O) groups excluding carboxylic acids is 2. The van der Waals surface area contributed by atoms with Crippen LogP contribution in [0.15, 0.2) is 6.20 Å². The predicted octanol–water partition coefficient (Wildman–Crippen LogP) is 3.77. The molecule has 1 rings (SSSR count). The minimum Gasteiger partial charge on any atom is -0.506 e. The Morgan fingerprint density at radius 1 is 1.00 bits per heavy atom. The fourth-order valence-corrected chi connectivity index (χ4v) is 2.91. The lowest BCUT2D eigenvalue weighted by Gasteiger charge is -2.20. The standard InChI is InChI=1S/C24H31NO5/c1-8-10-19(15(3)4)23(27)29-13-18-12-25-17(7)22(26)21(18)14-30-24(28)20(11-9-2)16(5)6/h1-2,12,15-16,19-20,26H,10-11,13-14H2,3-7H3. The van der Waals surface area contributed by atoms with E-state index in [0.29, 0.717) is 16.8 Å². The van der Waals surface area contributed by atoms with Crippen LogP contribution in [0.25, 0.3) is 0 Å². The second-order valence-corrected chi connectivity index (χ2v) is 7.93. The van der Waals surface area contributed by atoms with Crippen LogP contribution in [-0.2, 0) is 32.3 Å². The number of esters is 2. The monoisotopic (exact) mass is 413 g/mol. The first-order valence-electron chi connectivity index (χ1n) is 10.00. The summed E-state index contributed by atoms with van der Waals surface area (Å²) in [6.07, 6.45) is 12.7. The van der Waals surface area contributed by atoms with Crippen molar-refractivity contribution in [1.82, 2.24) is 4.98 Å². The number of aromatic hydroxyl groups is 1. The van der Waals surface area contributed by atoms with Crippen LogP contribution in [0.4, 0.5) is 0 Å². The average molecular weight is 414 g/mol. The normalized spacial score (nSPS) is 12.7. The minimum absolute atomic E-state index is 0.0193. The Balaban J connectivity index is 2.97. The van der Waals surface area contributed by atoms with Gasteiger partial charge < -0.3 is 14.6 Å². The molecule has 0 spiro atoms. The molecule has 0 aliphatic carbocycles. The van der Waals surface area contributed by atoms with Crippen LogP contribution in [0.1, 0.15) is 57.4 Å². The number of aromatic nitrogens is 1. The molecule has 0 radical (unpaired) electrons. The van der Waals surface area contributed by atoms with Crippen molar-refractivity contribution in [2.24, 2.45) is 23.7 Å². The number of ether oxygens (including phenoxy) is 2. The summed E-state index contributed by atoms with van der Waals surface area (Å²) < 4.78 is 10.8. The van der Waals surface area contributed by atoms with Crippen LogP contribution >= 0.6 is 0 Å². The molecule has 1 N–H and O–H groups in total. The van der Waals surface area contributed by atoms with Crippen LogP contribution in [-0.4, -0.2) is 22.0 Å². The van der Waals surface area contributed by atoms with Crippen molar-refractivity contribution in [3.63, 3.8) is 0 Å². The number of rotatable bonds is 10. The lowest BCUT2D eigenvalue weighted by atomic mass is 9.93. The van der Waals surface area contributed by atoms with Crippen molar-refractivity contribution >= 4 is 11.9 Å². The Bertz CT molecular complexity index is 829. The van der Waals surface area contributed by atoms with Crippen molar-refractivity contribution in [3.05, 3.63) is 23.0 Å². The number of terminal acetylenes is 2. The number of hydrogen-bond acceptors (Lipinski definition) is 6. The van der Waals surface area contributed by atoms with Crippen molar-refractivity contribution in [2.75, 3.05) is 0 Å². The van der Waals surface area contributed by atoms with Crippen LogP contribution < -0.4 is 0 Å². The highest BCUT2D eigenvalue weighted by atomic mass is 16.5. The van der Waals surface area contributed by atoms with Gasteiger partial charge in [-0.05, 0) is 18.8 Å². The highest BCUT2D eigenvalue weighted by molar-refractivity contribution is 5.74. The van der Waals surface area contributed by atoms with E-state index in [4.69, 9.17) is 22.3 Å². The van der Waals surface area contributed by atoms with Gasteiger partial charge in [0, 0.05) is 30.2 Å². The molecule has 0 fully saturated rings. The van der Waals surface area contributed by atoms with Crippen molar-refractivity contribution < 1.29 is 24.2 Å². The minimum atomic E-state index is -0.436. The Labute approximate surface area is 179 Å². The maximum atomic E-state index is 12.4. The second kappa shape index (κ2) is 11.9. The summed E-state index contributed by atoms with van der Waals surface area (Å²) in [6.45, 7) is 8.93. The molecule has 0 bridgehead atoms. The topological polar surface area (TPSA) is 85.7 Å². The molecule has 0 aliphatic heterocycles. The molecule has 2 atom stereocenters. The third kappa shape index (κ3) is 6.81. The van der Waals surface area contributed by atoms with Crippen LogP contribution in [0.2, 0.25) is 0 Å². The Kier molecular flexibility index (Phi) is 9.92. The molecule has 162 valence electrons. The van der Waals surface area contributed by atoms with Gasteiger partial charge in [0.2, 0.25) is 0 Å². The Hall–Kier alpha value is -2.99. The van der Waals surface area contributed by atoms with Crippen LogP contribution in [0, 0.1) is 55.3 Å². The molecule has 0 saturated heterocycles. The number of nitrogens with zero attached hydrogens (tertiary/aromatic N) is 1. The molecule has 30 heavy (non-hydrogen) atoms. The molecule has 6 nitrogen and oxygen atoms in total. The van der Waals surface area contributed by atoms with E-state index in [1.807, 2.05) is 27.7 Å². The summed E-state index contributed by atoms with van der Waals surface area (Å²) >= 11 is 0. The van der Waals surface area contributed by atoms with Gasteiger partial charge in [-0.25, -0.2) is 0 Å². The zero-order valence-corrected chi connectivity index (χ0v) is 18.4. The number of pyridine rings is 1. The predicted molar refractivity (Wildman–Crippen MR) is 114 cm³/mol. The van der Waals surface area contributed by atoms with Gasteiger partial charge in [-0.1, -0.05) is 27.7 Å². The van der Waals surface area contributed by atoms with E-state index in [-0.39, 0.29) is 43.6 Å². The molecular formula is C24H31NO5. The third-order valence-corrected chi connectivity index (χ3v) is 5.05. The highest BCUT2D eigenvalue weighted by Gasteiger charge is 2.25. The summed E-state index contributed by atoms with van der Waals surface area (Å²) in [7, 11) is 0. The summed E-state index contributed by atoms with van der Waals surface area (Å²) in [5.41, 5.74) is 1.19. The highest BCUT2D eigenvalue weighted by Crippen LogP contribution is 2.27. The fraction of sp³-hybridized carbons (Fsp3) is 0.542. The smallest absolute Gasteiger partial charge is 0.310 e. The zero-order valence-electron chi connectivity index (χ0n) is 18.4. The first-order valence-corrected chi connectivity index (χ1v) is 10.00. The zero-order chi connectivity index (χ0) is 22.8. The molecular weight excluding hydrogens is 382 g/mol. The summed E-state index contributed by atoms with van der Waals surface area (Å²) in [4.78, 5) is 29.0. The quantitative estimate of drug-likeness (QED) is 0.464. The van der Waals surface area contributed by atoms with E-state index < -0.39 is 23.8 Å². The molecule has 1 aromatic rings. The van der Waals surface area contributed by atoms with Gasteiger partial charge in [0.1, 0.15) is 19.0 Å². The maximum Gasteiger partial charge on any atom is 0.310 e. The molecule has 0 aromatic carbocycles. The van der Waals surface area contributed by atoms with Gasteiger partial charge in [-0.3, -0.25) is 14.6 Å². The molecule has 1 heterocycles. The van der Waals surface area contributed by atoms with Gasteiger partial charge in [-0.2, -0.15) is 0 Å². The third-order valence-electron chi connectivity index (χ3n) is 5.05. The lowest BCUT2D eigenvalue weighted by molar-refractivity contribution is -0.153. The summed E-state index contributed by atoms with van der Waals surface area (Å²) in [5, 5.41) is 10.4. The molecule has 6 heteroatoms. The van der Waals surface area contributed by atoms with E-state index in [9.17, 15) is 14.7 Å². The molecule has 0 saturated carbocycles. The van der Waals surface area contributed by atoms with Gasteiger partial charge in [-0.15, -0.1) is 24.7 Å². The number of hydrogen-bond donors (Lipinski definition) is 1. The first kappa shape index (κ1) is 25.0. The van der Waals surface area contributed by atoms with E-state index in [1.165, 1.54) is 6.20 Å². The second-order valence-electron chi connectivity index (χ2n) is 7.93. The van der Waals surface area contributed by atoms with Gasteiger partial charge in [0.05, 0.1) is 17.5 Å². The van der Waals surface area contributed by atoms with E-state index in [2.05, 4.69) is 16.8 Å². The average Bonchev–Trinajstić information content (AvgIpc) is 2.69. The maximum absolute atomic E-state index is 12.4. The van der Waals surface area contributed by atoms with Crippen LogP contribution in [0.5, 0.6) is 5.75 Å². The van der Waals surface area contributed by atoms with Crippen molar-refractivity contribution in [3.8, 4) is 30.4 Å². The summed E-state index contributed by atoms with van der Waals surface area (Å²) in [6, 6.07) is 0. The molecule has 1 aromatic heterocycles. The van der Waals surface area contributed by atoms with E-state index >= 15 is 0 Å². The van der Waals surface area contributed by atoms with Gasteiger partial charge in [0.15, 0.2) is 0 Å². The Morgan fingerprint density at radius 2 is 1.47 bits per heavy atom. The van der Waals surface area contributed by atoms with Gasteiger partial charge >= 0.3 is 11.9 Å². The molecule has 0 amide bonds. The lowest BCUT2D eigenvalue weighted by Crippen LogP contribution is -2.23. The number of aryl methyl sites for hydroxylation is 1. The molecule has 2 unspecified atom stereocenters. The van der Waals surface area contributed by atoms with Crippen LogP contribution in [0.3, 0.4) is 0 Å². The largest absolute Gasteiger partial charge is 0.506 e. The first-order chi connectivity index (χ1) is 14.1.